The summed E-state index contributed by atoms with van der Waals surface area (Å²) in [5.41, 5.74) is 5.84. The first-order valence-electron chi connectivity index (χ1n) is 12.1. The van der Waals surface area contributed by atoms with E-state index in [1.807, 2.05) is 55.6 Å². The van der Waals surface area contributed by atoms with Gasteiger partial charge in [0.15, 0.2) is 0 Å². The van der Waals surface area contributed by atoms with Gasteiger partial charge in [0.1, 0.15) is 5.82 Å². The molecule has 0 amide bonds. The van der Waals surface area contributed by atoms with E-state index in [1.54, 1.807) is 6.07 Å². The van der Waals surface area contributed by atoms with Crippen molar-refractivity contribution >= 4 is 17.9 Å². The smallest absolute Gasteiger partial charge is 0.127 e. The summed E-state index contributed by atoms with van der Waals surface area (Å²) in [5, 5.41) is 9.22. The maximum Gasteiger partial charge on any atom is 0.127 e. The number of aliphatic hydroxyl groups excluding tert-OH is 1. The summed E-state index contributed by atoms with van der Waals surface area (Å²) < 4.78 is 15.1. The molecule has 0 aliphatic rings. The quantitative estimate of drug-likeness (QED) is 0.252. The Bertz CT molecular complexity index is 1010. The van der Waals surface area contributed by atoms with E-state index in [1.165, 1.54) is 0 Å². The molecular formula is C30H39FN2O. The Morgan fingerprint density at radius 3 is 2.68 bits per heavy atom. The van der Waals surface area contributed by atoms with Gasteiger partial charge in [0.2, 0.25) is 0 Å². The average Bonchev–Trinajstić information content (AvgIpc) is 2.83. The van der Waals surface area contributed by atoms with E-state index < -0.39 is 0 Å². The summed E-state index contributed by atoms with van der Waals surface area (Å²) in [7, 11) is 0. The summed E-state index contributed by atoms with van der Waals surface area (Å²) in [6.45, 7) is 16.0. The molecule has 34 heavy (non-hydrogen) atoms. The van der Waals surface area contributed by atoms with Crippen LogP contribution in [0.5, 0.6) is 0 Å². The minimum Gasteiger partial charge on any atom is -0.395 e. The number of nitrogens with zero attached hydrogens (tertiary/aromatic N) is 2. The fourth-order valence-corrected chi connectivity index (χ4v) is 3.97. The Morgan fingerprint density at radius 1 is 1.24 bits per heavy atom. The van der Waals surface area contributed by atoms with Crippen LogP contribution in [0.15, 0.2) is 66.7 Å². The molecule has 182 valence electrons. The maximum atomic E-state index is 15.1. The molecule has 2 aromatic carbocycles. The maximum absolute atomic E-state index is 15.1. The Labute approximate surface area is 205 Å². The van der Waals surface area contributed by atoms with Crippen LogP contribution in [-0.4, -0.2) is 42.0 Å². The Kier molecular flexibility index (Phi) is 11.7. The van der Waals surface area contributed by atoms with Crippen LogP contribution in [0.3, 0.4) is 0 Å². The predicted octanol–water partition coefficient (Wildman–Crippen LogP) is 6.64. The zero-order valence-corrected chi connectivity index (χ0v) is 20.9. The van der Waals surface area contributed by atoms with Crippen molar-refractivity contribution in [3.8, 4) is 0 Å². The molecule has 0 aliphatic carbocycles. The monoisotopic (exact) mass is 462 g/mol. The van der Waals surface area contributed by atoms with Crippen molar-refractivity contribution in [1.82, 2.24) is 4.90 Å². The van der Waals surface area contributed by atoms with Gasteiger partial charge in [-0.3, -0.25) is 9.89 Å². The van der Waals surface area contributed by atoms with Crippen molar-refractivity contribution in [1.29, 1.82) is 0 Å². The first kappa shape index (κ1) is 27.4. The molecule has 4 heteroatoms. The van der Waals surface area contributed by atoms with E-state index in [9.17, 15) is 5.11 Å². The van der Waals surface area contributed by atoms with Crippen LogP contribution >= 0.6 is 0 Å². The van der Waals surface area contributed by atoms with Crippen molar-refractivity contribution in [2.75, 3.05) is 19.7 Å². The number of rotatable bonds is 14. The first-order valence-corrected chi connectivity index (χ1v) is 12.1. The number of benzene rings is 2. The molecule has 0 spiro atoms. The van der Waals surface area contributed by atoms with E-state index in [0.717, 1.165) is 47.2 Å². The molecule has 0 radical (unpaired) electrons. The van der Waals surface area contributed by atoms with Crippen LogP contribution in [-0.2, 0) is 13.0 Å². The van der Waals surface area contributed by atoms with Gasteiger partial charge < -0.3 is 5.11 Å². The lowest BCUT2D eigenvalue weighted by Gasteiger charge is -2.19. The zero-order valence-electron chi connectivity index (χ0n) is 20.9. The Morgan fingerprint density at radius 2 is 2.03 bits per heavy atom. The number of likely N-dealkylation sites (N-methyl/N-ethyl adjacent to an activating group) is 1. The standard InChI is InChI=1S/C30H39FN2O/c1-6-9-11-23(4)32-17-16-27(29-13-10-12-26(7-2)24(29)5)21-28-15-14-25(20-30(28)31)22-33(8-3)18-19-34/h6-7,10,12-17,20,23,34H,1-2,8-9,11,18-19,21-22H2,3-5H3/b27-16-,32-17?. The molecule has 0 aliphatic heterocycles. The number of hydrogen-bond donors (Lipinski definition) is 1. The molecule has 0 heterocycles. The highest BCUT2D eigenvalue weighted by Gasteiger charge is 2.12. The van der Waals surface area contributed by atoms with Gasteiger partial charge in [-0.25, -0.2) is 4.39 Å². The first-order chi connectivity index (χ1) is 16.4. The molecule has 3 nitrogen and oxygen atoms in total. The third-order valence-corrected chi connectivity index (χ3v) is 6.11. The van der Waals surface area contributed by atoms with Gasteiger partial charge in [-0.2, -0.15) is 0 Å². The van der Waals surface area contributed by atoms with Gasteiger partial charge in [0, 0.05) is 31.8 Å². The highest BCUT2D eigenvalue weighted by atomic mass is 19.1. The van der Waals surface area contributed by atoms with Gasteiger partial charge in [-0.1, -0.05) is 56.0 Å². The van der Waals surface area contributed by atoms with Crippen LogP contribution in [0.4, 0.5) is 4.39 Å². The summed E-state index contributed by atoms with van der Waals surface area (Å²) in [4.78, 5) is 6.74. The van der Waals surface area contributed by atoms with E-state index in [0.29, 0.717) is 25.1 Å². The molecule has 0 saturated heterocycles. The van der Waals surface area contributed by atoms with Gasteiger partial charge in [0.05, 0.1) is 6.61 Å². The van der Waals surface area contributed by atoms with E-state index in [4.69, 9.17) is 0 Å². The van der Waals surface area contributed by atoms with E-state index >= 15 is 4.39 Å². The number of hydrogen-bond acceptors (Lipinski definition) is 3. The lowest BCUT2D eigenvalue weighted by Crippen LogP contribution is -2.26. The van der Waals surface area contributed by atoms with Crippen LogP contribution in [0.25, 0.3) is 11.6 Å². The summed E-state index contributed by atoms with van der Waals surface area (Å²) in [6, 6.07) is 11.8. The second kappa shape index (κ2) is 14.4. The largest absolute Gasteiger partial charge is 0.395 e. The van der Waals surface area contributed by atoms with Gasteiger partial charge in [-0.15, -0.1) is 6.58 Å². The normalized spacial score (nSPS) is 12.9. The predicted molar refractivity (Wildman–Crippen MR) is 145 cm³/mol. The van der Waals surface area contributed by atoms with Crippen LogP contribution in [0.2, 0.25) is 0 Å². The number of allylic oxidation sites excluding steroid dienone is 3. The summed E-state index contributed by atoms with van der Waals surface area (Å²) in [6.07, 6.45) is 9.97. The highest BCUT2D eigenvalue weighted by Crippen LogP contribution is 2.27. The molecule has 1 atom stereocenters. The molecule has 0 saturated carbocycles. The molecule has 1 N–H and O–H groups in total. The van der Waals surface area contributed by atoms with Crippen molar-refractivity contribution in [3.63, 3.8) is 0 Å². The lowest BCUT2D eigenvalue weighted by molar-refractivity contribution is 0.196. The molecule has 2 aromatic rings. The number of aliphatic imine (C=N–C) groups is 1. The molecule has 0 fully saturated rings. The minimum absolute atomic E-state index is 0.0967. The second-order valence-electron chi connectivity index (χ2n) is 8.62. The second-order valence-corrected chi connectivity index (χ2v) is 8.62. The summed E-state index contributed by atoms with van der Waals surface area (Å²) in [5.74, 6) is -0.211. The lowest BCUT2D eigenvalue weighted by atomic mass is 9.91. The van der Waals surface area contributed by atoms with Gasteiger partial charge in [0.25, 0.3) is 0 Å². The fraction of sp³-hybridized carbons (Fsp3) is 0.367. The molecular weight excluding hydrogens is 423 g/mol. The fourth-order valence-electron chi connectivity index (χ4n) is 3.97. The van der Waals surface area contributed by atoms with E-state index in [-0.39, 0.29) is 18.5 Å². The van der Waals surface area contributed by atoms with Crippen molar-refractivity contribution < 1.29 is 9.50 Å². The Hall–Kier alpha value is -2.82. The highest BCUT2D eigenvalue weighted by molar-refractivity contribution is 5.87. The third kappa shape index (κ3) is 8.19. The third-order valence-electron chi connectivity index (χ3n) is 6.11. The molecule has 0 bridgehead atoms. The average molecular weight is 463 g/mol. The number of aliphatic hydroxyl groups is 1. The molecule has 2 rings (SSSR count). The van der Waals surface area contributed by atoms with Gasteiger partial charge >= 0.3 is 0 Å². The SMILES string of the molecule is C=CCCC(C)N=C/C=C(/Cc1ccc(CN(CC)CCO)cc1F)c1cccc(C=C)c1C. The topological polar surface area (TPSA) is 35.8 Å². The minimum atomic E-state index is -0.211. The molecule has 1 unspecified atom stereocenters. The van der Waals surface area contributed by atoms with Gasteiger partial charge in [-0.05, 0) is 78.8 Å². The zero-order chi connectivity index (χ0) is 24.9. The van der Waals surface area contributed by atoms with Crippen molar-refractivity contribution in [2.24, 2.45) is 4.99 Å². The van der Waals surface area contributed by atoms with Crippen LogP contribution < -0.4 is 0 Å². The van der Waals surface area contributed by atoms with Crippen LogP contribution in [0.1, 0.15) is 54.5 Å². The molecule has 0 aromatic heterocycles. The van der Waals surface area contributed by atoms with Crippen LogP contribution in [0, 0.1) is 12.7 Å². The van der Waals surface area contributed by atoms with Crippen molar-refractivity contribution in [2.45, 2.75) is 52.6 Å². The van der Waals surface area contributed by atoms with E-state index in [2.05, 4.69) is 43.0 Å². The summed E-state index contributed by atoms with van der Waals surface area (Å²) >= 11 is 0. The number of halogens is 1. The van der Waals surface area contributed by atoms with Crippen molar-refractivity contribution in [3.05, 3.63) is 95.3 Å². The Balaban J connectivity index is 2.35.